The van der Waals surface area contributed by atoms with Crippen LogP contribution >= 0.6 is 0 Å². The lowest BCUT2D eigenvalue weighted by atomic mass is 10.0. The molecule has 13 heteroatoms. The Balaban J connectivity index is 1.43. The summed E-state index contributed by atoms with van der Waals surface area (Å²) in [6, 6.07) is 8.00. The van der Waals surface area contributed by atoms with E-state index in [0.29, 0.717) is 39.2 Å². The normalized spacial score (nSPS) is 12.0. The molecule has 0 spiro atoms. The zero-order chi connectivity index (χ0) is 29.6. The van der Waals surface area contributed by atoms with E-state index in [1.165, 1.54) is 18.3 Å². The third-order valence-electron chi connectivity index (χ3n) is 6.65. The highest BCUT2D eigenvalue weighted by Crippen LogP contribution is 2.34. The van der Waals surface area contributed by atoms with Crippen LogP contribution in [-0.2, 0) is 16.3 Å². The number of anilines is 1. The molecule has 5 aromatic heterocycles. The molecule has 6 aromatic rings. The average Bonchev–Trinajstić information content (AvgIpc) is 3.56. The number of hydrogen-bond acceptors (Lipinski definition) is 8. The van der Waals surface area contributed by atoms with E-state index in [4.69, 9.17) is 4.98 Å². The van der Waals surface area contributed by atoms with Crippen LogP contribution in [0.1, 0.15) is 19.4 Å². The van der Waals surface area contributed by atoms with Crippen LogP contribution in [0.5, 0.6) is 0 Å². The molecule has 5 heterocycles. The van der Waals surface area contributed by atoms with Crippen LogP contribution in [0.25, 0.3) is 56.0 Å². The summed E-state index contributed by atoms with van der Waals surface area (Å²) >= 11 is 0. The lowest BCUT2D eigenvalue weighted by molar-refractivity contribution is 0.600. The minimum atomic E-state index is -3.23. The molecule has 0 amide bonds. The van der Waals surface area contributed by atoms with Crippen molar-refractivity contribution < 1.29 is 17.2 Å². The molecule has 0 unspecified atom stereocenters. The molecule has 0 saturated heterocycles. The summed E-state index contributed by atoms with van der Waals surface area (Å²) in [6.45, 7) is 4.00. The second kappa shape index (κ2) is 10.6. The molecule has 0 aliphatic heterocycles. The Hall–Kier alpha value is -4.78. The zero-order valence-electron chi connectivity index (χ0n) is 22.9. The van der Waals surface area contributed by atoms with E-state index in [2.05, 4.69) is 35.5 Å². The standard InChI is InChI=1S/C29H26F2N8O2S/c1-15(2)35-20-11-18(12-32-13-20)21-14-34-28-23(24(21)31)27(38-39-28)29-36-22-4-6-33-25(26(22)37-29)17-8-16(9-19(30)10-17)5-7-42(3,40)41/h4,6,8-15,35H,5,7H2,1-3H3,(H,36,37)(H,34,38,39). The first-order valence-corrected chi connectivity index (χ1v) is 15.2. The zero-order valence-corrected chi connectivity index (χ0v) is 23.7. The minimum Gasteiger partial charge on any atom is -0.382 e. The number of nitrogens with zero attached hydrogens (tertiary/aromatic N) is 5. The number of sulfone groups is 1. The maximum Gasteiger partial charge on any atom is 0.184 e. The number of aryl methyl sites for hydroxylation is 1. The van der Waals surface area contributed by atoms with Crippen LogP contribution in [0.3, 0.4) is 0 Å². The van der Waals surface area contributed by atoms with Gasteiger partial charge in [0.2, 0.25) is 0 Å². The van der Waals surface area contributed by atoms with Crippen LogP contribution in [0.2, 0.25) is 0 Å². The monoisotopic (exact) mass is 588 g/mol. The van der Waals surface area contributed by atoms with Crippen LogP contribution in [0.15, 0.2) is 55.1 Å². The van der Waals surface area contributed by atoms with Crippen molar-refractivity contribution in [2.75, 3.05) is 17.3 Å². The highest BCUT2D eigenvalue weighted by molar-refractivity contribution is 7.90. The highest BCUT2D eigenvalue weighted by atomic mass is 32.2. The molecule has 10 nitrogen and oxygen atoms in total. The number of halogens is 2. The van der Waals surface area contributed by atoms with Crippen molar-refractivity contribution in [3.05, 3.63) is 72.3 Å². The summed E-state index contributed by atoms with van der Waals surface area (Å²) in [5, 5.41) is 10.4. The molecule has 3 N–H and O–H groups in total. The van der Waals surface area contributed by atoms with Gasteiger partial charge in [0.25, 0.3) is 0 Å². The molecular weight excluding hydrogens is 562 g/mol. The Morgan fingerprint density at radius 2 is 1.86 bits per heavy atom. The van der Waals surface area contributed by atoms with Gasteiger partial charge in [0.15, 0.2) is 11.5 Å². The van der Waals surface area contributed by atoms with Gasteiger partial charge in [-0.05, 0) is 56.2 Å². The van der Waals surface area contributed by atoms with Gasteiger partial charge in [-0.25, -0.2) is 27.2 Å². The van der Waals surface area contributed by atoms with Crippen molar-refractivity contribution in [1.82, 2.24) is 35.1 Å². The summed E-state index contributed by atoms with van der Waals surface area (Å²) in [6.07, 6.45) is 7.51. The van der Waals surface area contributed by atoms with Gasteiger partial charge < -0.3 is 10.3 Å². The van der Waals surface area contributed by atoms with E-state index >= 15 is 4.39 Å². The second-order valence-electron chi connectivity index (χ2n) is 10.4. The van der Waals surface area contributed by atoms with Gasteiger partial charge in [-0.1, -0.05) is 0 Å². The molecule has 0 aliphatic carbocycles. The van der Waals surface area contributed by atoms with Gasteiger partial charge in [-0.15, -0.1) is 0 Å². The topological polar surface area (TPSA) is 142 Å². The summed E-state index contributed by atoms with van der Waals surface area (Å²) in [7, 11) is -3.23. The molecule has 0 radical (unpaired) electrons. The first-order chi connectivity index (χ1) is 20.1. The molecule has 6 rings (SSSR count). The van der Waals surface area contributed by atoms with Gasteiger partial charge in [0.1, 0.15) is 32.7 Å². The van der Waals surface area contributed by atoms with Gasteiger partial charge in [-0.3, -0.25) is 15.1 Å². The minimum absolute atomic E-state index is 0.108. The number of imidazole rings is 1. The molecule has 214 valence electrons. The number of fused-ring (bicyclic) bond motifs is 2. The van der Waals surface area contributed by atoms with Crippen molar-refractivity contribution >= 4 is 37.6 Å². The van der Waals surface area contributed by atoms with E-state index in [-0.39, 0.29) is 40.5 Å². The maximum absolute atomic E-state index is 16.1. The van der Waals surface area contributed by atoms with E-state index in [9.17, 15) is 12.8 Å². The van der Waals surface area contributed by atoms with Crippen LogP contribution in [0.4, 0.5) is 14.5 Å². The molecule has 0 fully saturated rings. The smallest absolute Gasteiger partial charge is 0.184 e. The fraction of sp³-hybridized carbons (Fsp3) is 0.207. The van der Waals surface area contributed by atoms with Crippen molar-refractivity contribution in [2.24, 2.45) is 0 Å². The first kappa shape index (κ1) is 27.4. The number of aromatic nitrogens is 7. The van der Waals surface area contributed by atoms with Gasteiger partial charge in [0.05, 0.1) is 28.0 Å². The molecule has 42 heavy (non-hydrogen) atoms. The third kappa shape index (κ3) is 5.42. The number of benzene rings is 1. The van der Waals surface area contributed by atoms with Crippen molar-refractivity contribution in [3.8, 4) is 33.9 Å². The lowest BCUT2D eigenvalue weighted by Crippen LogP contribution is -2.09. The van der Waals surface area contributed by atoms with Gasteiger partial charge >= 0.3 is 0 Å². The molecule has 0 bridgehead atoms. The Morgan fingerprint density at radius 1 is 1.02 bits per heavy atom. The molecule has 0 aliphatic rings. The van der Waals surface area contributed by atoms with Crippen LogP contribution in [-0.4, -0.2) is 61.6 Å². The maximum atomic E-state index is 16.1. The quantitative estimate of drug-likeness (QED) is 0.217. The molecule has 1 aromatic carbocycles. The number of rotatable bonds is 8. The fourth-order valence-corrected chi connectivity index (χ4v) is 5.43. The Bertz CT molecular complexity index is 2070. The molecule has 0 atom stereocenters. The fourth-order valence-electron chi connectivity index (χ4n) is 4.82. The van der Waals surface area contributed by atoms with Crippen molar-refractivity contribution in [1.29, 1.82) is 0 Å². The van der Waals surface area contributed by atoms with Crippen molar-refractivity contribution in [2.45, 2.75) is 26.3 Å². The van der Waals surface area contributed by atoms with E-state index < -0.39 is 21.5 Å². The van der Waals surface area contributed by atoms with Gasteiger partial charge in [0, 0.05) is 53.8 Å². The highest BCUT2D eigenvalue weighted by Gasteiger charge is 2.22. The predicted octanol–water partition coefficient (Wildman–Crippen LogP) is 5.31. The summed E-state index contributed by atoms with van der Waals surface area (Å²) in [5.74, 6) is -0.871. The first-order valence-electron chi connectivity index (χ1n) is 13.1. The Labute approximate surface area is 239 Å². The third-order valence-corrected chi connectivity index (χ3v) is 7.60. The van der Waals surface area contributed by atoms with Crippen LogP contribution < -0.4 is 5.32 Å². The Morgan fingerprint density at radius 3 is 2.64 bits per heavy atom. The average molecular weight is 589 g/mol. The second-order valence-corrected chi connectivity index (χ2v) is 12.7. The largest absolute Gasteiger partial charge is 0.382 e. The van der Waals surface area contributed by atoms with Gasteiger partial charge in [-0.2, -0.15) is 5.10 Å². The Kier molecular flexibility index (Phi) is 6.89. The number of aromatic amines is 2. The summed E-state index contributed by atoms with van der Waals surface area (Å²) < 4.78 is 53.9. The number of hydrogen-bond donors (Lipinski definition) is 3. The number of pyridine rings is 3. The SMILES string of the molecule is CC(C)Nc1cncc(-c2cnc3n[nH]c(-c4nc5c(-c6cc(F)cc(CCS(C)(=O)=O)c6)nccc5[nH]4)c3c2F)c1. The predicted molar refractivity (Wildman–Crippen MR) is 158 cm³/mol. The van der Waals surface area contributed by atoms with Crippen LogP contribution in [0, 0.1) is 11.6 Å². The molecule has 0 saturated carbocycles. The number of nitrogens with one attached hydrogen (secondary N) is 3. The van der Waals surface area contributed by atoms with E-state index in [0.717, 1.165) is 11.9 Å². The molecular formula is C29H26F2N8O2S. The number of H-pyrrole nitrogens is 2. The van der Waals surface area contributed by atoms with E-state index in [1.807, 2.05) is 13.8 Å². The lowest BCUT2D eigenvalue weighted by Gasteiger charge is -2.11. The summed E-state index contributed by atoms with van der Waals surface area (Å²) in [4.78, 5) is 20.9. The van der Waals surface area contributed by atoms with Crippen molar-refractivity contribution in [3.63, 3.8) is 0 Å². The summed E-state index contributed by atoms with van der Waals surface area (Å²) in [5.41, 5.74) is 4.38. The van der Waals surface area contributed by atoms with E-state index in [1.54, 1.807) is 36.8 Å².